The van der Waals surface area contributed by atoms with Crippen LogP contribution in [0, 0.1) is 11.8 Å². The summed E-state index contributed by atoms with van der Waals surface area (Å²) in [5.41, 5.74) is 0.805. The van der Waals surface area contributed by atoms with E-state index in [1.807, 2.05) is 34.7 Å². The number of halogens is 1. The van der Waals surface area contributed by atoms with Crippen LogP contribution in [-0.2, 0) is 23.0 Å². The minimum Gasteiger partial charge on any atom is -0.352 e. The van der Waals surface area contributed by atoms with Crippen molar-refractivity contribution in [3.8, 4) is 0 Å². The smallest absolute Gasteiger partial charge is 0.244 e. The maximum Gasteiger partial charge on any atom is 0.244 e. The molecule has 0 radical (unpaired) electrons. The highest BCUT2D eigenvalue weighted by Crippen LogP contribution is 2.21. The van der Waals surface area contributed by atoms with Crippen molar-refractivity contribution in [1.29, 1.82) is 0 Å². The van der Waals surface area contributed by atoms with Crippen molar-refractivity contribution in [1.82, 2.24) is 8.87 Å². The summed E-state index contributed by atoms with van der Waals surface area (Å²) in [5.74, 6) is 0.889. The number of alkyl halides is 1. The van der Waals surface area contributed by atoms with Crippen molar-refractivity contribution in [2.75, 3.05) is 13.1 Å². The second-order valence-corrected chi connectivity index (χ2v) is 8.23. The van der Waals surface area contributed by atoms with E-state index in [2.05, 4.69) is 0 Å². The van der Waals surface area contributed by atoms with Crippen LogP contribution >= 0.6 is 11.6 Å². The average Bonchev–Trinajstić information content (AvgIpc) is 2.69. The second-order valence-electron chi connectivity index (χ2n) is 6.02. The maximum atomic E-state index is 12.8. The highest BCUT2D eigenvalue weighted by Gasteiger charge is 2.27. The Balaban J connectivity index is 3.13. The number of sulfonamides is 1. The summed E-state index contributed by atoms with van der Waals surface area (Å²) in [5, 5.41) is 0. The Labute approximate surface area is 127 Å². The Kier molecular flexibility index (Phi) is 6.10. The number of aromatic nitrogens is 1. The zero-order valence-corrected chi connectivity index (χ0v) is 14.5. The molecule has 0 N–H and O–H groups in total. The molecule has 0 amide bonds. The van der Waals surface area contributed by atoms with Crippen LogP contribution in [0.25, 0.3) is 0 Å². The zero-order valence-electron chi connectivity index (χ0n) is 12.9. The fraction of sp³-hybridized carbons (Fsp3) is 0.714. The molecule has 1 heterocycles. The average molecular weight is 321 g/mol. The minimum absolute atomic E-state index is 0.291. The number of hydrogen-bond acceptors (Lipinski definition) is 2. The lowest BCUT2D eigenvalue weighted by Crippen LogP contribution is -2.36. The number of rotatable bonds is 7. The second kappa shape index (κ2) is 6.96. The first-order valence-electron chi connectivity index (χ1n) is 6.89. The summed E-state index contributed by atoms with van der Waals surface area (Å²) >= 11 is 5.81. The molecular formula is C14H25ClN2O2S. The summed E-state index contributed by atoms with van der Waals surface area (Å²) in [6, 6.07) is 1.66. The van der Waals surface area contributed by atoms with Gasteiger partial charge in [-0.3, -0.25) is 0 Å². The molecule has 0 fully saturated rings. The number of hydrogen-bond donors (Lipinski definition) is 0. The van der Waals surface area contributed by atoms with E-state index in [4.69, 9.17) is 11.6 Å². The maximum absolute atomic E-state index is 12.8. The summed E-state index contributed by atoms with van der Waals surface area (Å²) in [4.78, 5) is 0.331. The van der Waals surface area contributed by atoms with Crippen LogP contribution in [0.4, 0.5) is 0 Å². The van der Waals surface area contributed by atoms with E-state index in [1.165, 1.54) is 0 Å². The van der Waals surface area contributed by atoms with Crippen LogP contribution in [0.2, 0.25) is 0 Å². The molecule has 0 atom stereocenters. The third-order valence-corrected chi connectivity index (χ3v) is 5.07. The summed E-state index contributed by atoms with van der Waals surface area (Å²) in [7, 11) is -1.64. The van der Waals surface area contributed by atoms with Gasteiger partial charge in [-0.1, -0.05) is 27.7 Å². The Morgan fingerprint density at radius 1 is 1.20 bits per heavy atom. The highest BCUT2D eigenvalue weighted by atomic mass is 35.5. The molecule has 1 aromatic heterocycles. The van der Waals surface area contributed by atoms with Crippen LogP contribution in [0.5, 0.6) is 0 Å². The van der Waals surface area contributed by atoms with Gasteiger partial charge in [0.2, 0.25) is 10.0 Å². The van der Waals surface area contributed by atoms with Crippen molar-refractivity contribution in [3.63, 3.8) is 0 Å². The van der Waals surface area contributed by atoms with Crippen LogP contribution < -0.4 is 0 Å². The summed E-state index contributed by atoms with van der Waals surface area (Å²) in [6.45, 7) is 9.17. The molecule has 1 rings (SSSR count). The van der Waals surface area contributed by atoms with Gasteiger partial charge < -0.3 is 4.57 Å². The van der Waals surface area contributed by atoms with Crippen molar-refractivity contribution in [2.45, 2.75) is 38.5 Å². The van der Waals surface area contributed by atoms with E-state index in [0.29, 0.717) is 35.7 Å². The van der Waals surface area contributed by atoms with E-state index in [9.17, 15) is 8.42 Å². The van der Waals surface area contributed by atoms with Crippen LogP contribution in [0.15, 0.2) is 17.2 Å². The van der Waals surface area contributed by atoms with E-state index in [1.54, 1.807) is 21.1 Å². The van der Waals surface area contributed by atoms with Gasteiger partial charge in [-0.25, -0.2) is 8.42 Å². The van der Waals surface area contributed by atoms with E-state index >= 15 is 0 Å². The Morgan fingerprint density at radius 2 is 1.70 bits per heavy atom. The number of nitrogens with zero attached hydrogens (tertiary/aromatic N) is 2. The fourth-order valence-corrected chi connectivity index (χ4v) is 4.21. The molecule has 6 heteroatoms. The zero-order chi connectivity index (χ0) is 15.5. The van der Waals surface area contributed by atoms with Crippen LogP contribution in [0.1, 0.15) is 33.4 Å². The topological polar surface area (TPSA) is 42.3 Å². The number of aryl methyl sites for hydroxylation is 1. The molecule has 0 saturated carbocycles. The Morgan fingerprint density at radius 3 is 2.05 bits per heavy atom. The molecule has 4 nitrogen and oxygen atoms in total. The summed E-state index contributed by atoms with van der Waals surface area (Å²) in [6.07, 6.45) is 1.64. The quantitative estimate of drug-likeness (QED) is 0.725. The molecule has 0 aliphatic heterocycles. The molecule has 0 unspecified atom stereocenters. The van der Waals surface area contributed by atoms with Crippen LogP contribution in [0.3, 0.4) is 0 Å². The molecule has 20 heavy (non-hydrogen) atoms. The minimum atomic E-state index is -3.45. The first-order valence-corrected chi connectivity index (χ1v) is 8.87. The van der Waals surface area contributed by atoms with E-state index < -0.39 is 10.0 Å². The molecule has 1 aromatic rings. The van der Waals surface area contributed by atoms with Gasteiger partial charge in [0.05, 0.1) is 5.88 Å². The summed E-state index contributed by atoms with van der Waals surface area (Å²) < 4.78 is 28.9. The van der Waals surface area contributed by atoms with Gasteiger partial charge in [-0.2, -0.15) is 4.31 Å². The predicted octanol–water partition coefficient (Wildman–Crippen LogP) is 3.07. The normalized spacial score (nSPS) is 12.8. The lowest BCUT2D eigenvalue weighted by Gasteiger charge is -2.25. The van der Waals surface area contributed by atoms with E-state index in [-0.39, 0.29) is 0 Å². The van der Waals surface area contributed by atoms with Gasteiger partial charge in [0.25, 0.3) is 0 Å². The van der Waals surface area contributed by atoms with Gasteiger partial charge in [-0.15, -0.1) is 11.6 Å². The Bertz CT molecular complexity index is 525. The fourth-order valence-electron chi connectivity index (χ4n) is 2.09. The lowest BCUT2D eigenvalue weighted by atomic mass is 10.2. The lowest BCUT2D eigenvalue weighted by molar-refractivity contribution is 0.333. The largest absolute Gasteiger partial charge is 0.352 e. The molecule has 0 saturated heterocycles. The van der Waals surface area contributed by atoms with Gasteiger partial charge in [-0.05, 0) is 17.9 Å². The van der Waals surface area contributed by atoms with E-state index in [0.717, 1.165) is 5.69 Å². The van der Waals surface area contributed by atoms with Gasteiger partial charge in [0, 0.05) is 32.0 Å². The van der Waals surface area contributed by atoms with Crippen molar-refractivity contribution < 1.29 is 8.42 Å². The van der Waals surface area contributed by atoms with Crippen molar-refractivity contribution in [2.24, 2.45) is 18.9 Å². The Hall–Kier alpha value is -0.520. The third-order valence-electron chi connectivity index (χ3n) is 3.00. The van der Waals surface area contributed by atoms with Crippen molar-refractivity contribution in [3.05, 3.63) is 18.0 Å². The molecule has 116 valence electrons. The predicted molar refractivity (Wildman–Crippen MR) is 83.4 cm³/mol. The molecule has 0 bridgehead atoms. The van der Waals surface area contributed by atoms with Gasteiger partial charge >= 0.3 is 0 Å². The third kappa shape index (κ3) is 4.24. The monoisotopic (exact) mass is 320 g/mol. The molecule has 0 aromatic carbocycles. The SMILES string of the molecule is CC(C)CN(CC(C)C)S(=O)(=O)c1cc(CCl)n(C)c1. The highest BCUT2D eigenvalue weighted by molar-refractivity contribution is 7.89. The van der Waals surface area contributed by atoms with Crippen LogP contribution in [-0.4, -0.2) is 30.4 Å². The molecule has 0 aliphatic rings. The molecular weight excluding hydrogens is 296 g/mol. The van der Waals surface area contributed by atoms with Gasteiger partial charge in [0.15, 0.2) is 0 Å². The molecule has 0 aliphatic carbocycles. The first kappa shape index (κ1) is 17.5. The molecule has 0 spiro atoms. The first-order chi connectivity index (χ1) is 9.18. The van der Waals surface area contributed by atoms with Crippen molar-refractivity contribution >= 4 is 21.6 Å². The van der Waals surface area contributed by atoms with Gasteiger partial charge in [0.1, 0.15) is 4.90 Å². The standard InChI is InChI=1S/C14H25ClN2O2S/c1-11(2)8-17(9-12(3)4)20(18,19)14-6-13(7-15)16(5)10-14/h6,10-12H,7-9H2,1-5H3.